The number of ketones is 1. The summed E-state index contributed by atoms with van der Waals surface area (Å²) in [6, 6.07) is 23.2. The number of carbonyl (C=O) groups excluding carboxylic acids is 4. The summed E-state index contributed by atoms with van der Waals surface area (Å²) >= 11 is 0. The van der Waals surface area contributed by atoms with E-state index in [4.69, 9.17) is 14.2 Å². The second kappa shape index (κ2) is 14.3. The van der Waals surface area contributed by atoms with Crippen molar-refractivity contribution in [3.05, 3.63) is 119 Å². The summed E-state index contributed by atoms with van der Waals surface area (Å²) in [5.41, 5.74) is -6.83. The molecule has 13 heteroatoms. The first-order valence-corrected chi connectivity index (χ1v) is 18.7. The highest BCUT2D eigenvalue weighted by Gasteiger charge is 2.76. The molecular weight excluding hydrogens is 722 g/mol. The molecule has 1 aliphatic heterocycles. The SMILES string of the molecule is CC1=C2[C@@H](O)C(=O)[C@@]3(C)C(C(OC(=O)c4ccccc4)[C@](O)(C[C@@H]1OC(=O)[C@H](O)[C@@H](NC(=O)c1ccccc1)c1ccccc1)C2(C)C)[C@]1(O)CO[C@@H]1C[C@@H]3O. The van der Waals surface area contributed by atoms with Crippen molar-refractivity contribution in [1.82, 2.24) is 5.32 Å². The van der Waals surface area contributed by atoms with E-state index >= 15 is 0 Å². The molecule has 296 valence electrons. The van der Waals surface area contributed by atoms with Crippen LogP contribution in [0.5, 0.6) is 0 Å². The minimum atomic E-state index is -2.30. The number of hydrogen-bond donors (Lipinski definition) is 6. The van der Waals surface area contributed by atoms with E-state index in [1.54, 1.807) is 92.7 Å². The molecule has 1 saturated heterocycles. The lowest BCUT2D eigenvalue weighted by Crippen LogP contribution is -2.81. The lowest BCUT2D eigenvalue weighted by atomic mass is 9.44. The van der Waals surface area contributed by atoms with Crippen LogP contribution in [0.2, 0.25) is 0 Å². The van der Waals surface area contributed by atoms with Crippen molar-refractivity contribution in [2.45, 2.75) is 94.4 Å². The molecule has 6 N–H and O–H groups in total. The molecule has 4 aliphatic rings. The summed E-state index contributed by atoms with van der Waals surface area (Å²) in [4.78, 5) is 56.0. The Morgan fingerprint density at radius 2 is 1.43 bits per heavy atom. The molecule has 2 saturated carbocycles. The molecule has 3 aromatic rings. The highest BCUT2D eigenvalue weighted by molar-refractivity contribution is 5.95. The van der Waals surface area contributed by atoms with Crippen LogP contribution >= 0.6 is 0 Å². The summed E-state index contributed by atoms with van der Waals surface area (Å²) in [6.45, 7) is 5.72. The van der Waals surface area contributed by atoms with Gasteiger partial charge in [0, 0.05) is 29.7 Å². The first kappa shape index (κ1) is 39.5. The number of Topliss-reactive ketones (excluding diaryl/α,β-unsaturated/α-hetero) is 1. The van der Waals surface area contributed by atoms with Crippen LogP contribution in [0.25, 0.3) is 0 Å². The van der Waals surface area contributed by atoms with E-state index in [-0.39, 0.29) is 35.3 Å². The Morgan fingerprint density at radius 3 is 2.00 bits per heavy atom. The second-order valence-electron chi connectivity index (χ2n) is 16.2. The smallest absolute Gasteiger partial charge is 0.338 e. The average molecular weight is 770 g/mol. The van der Waals surface area contributed by atoms with Gasteiger partial charge in [0.05, 0.1) is 35.8 Å². The zero-order valence-corrected chi connectivity index (χ0v) is 31.5. The first-order valence-electron chi connectivity index (χ1n) is 18.7. The molecule has 3 aliphatic carbocycles. The van der Waals surface area contributed by atoms with E-state index in [2.05, 4.69) is 5.32 Å². The Kier molecular flexibility index (Phi) is 10.1. The van der Waals surface area contributed by atoms with Crippen molar-refractivity contribution in [2.24, 2.45) is 16.7 Å². The Labute approximate surface area is 323 Å². The molecule has 0 aromatic heterocycles. The number of carbonyl (C=O) groups is 4. The van der Waals surface area contributed by atoms with Gasteiger partial charge in [-0.1, -0.05) is 80.6 Å². The van der Waals surface area contributed by atoms with Crippen molar-refractivity contribution in [1.29, 1.82) is 0 Å². The van der Waals surface area contributed by atoms with Crippen LogP contribution in [0, 0.1) is 16.7 Å². The Balaban J connectivity index is 1.31. The predicted octanol–water partition coefficient (Wildman–Crippen LogP) is 2.59. The normalized spacial score (nSPS) is 34.3. The lowest BCUT2D eigenvalue weighted by Gasteiger charge is -2.66. The number of aliphatic hydroxyl groups excluding tert-OH is 3. The molecule has 2 unspecified atom stereocenters. The van der Waals surface area contributed by atoms with Crippen LogP contribution in [-0.4, -0.2) is 104 Å². The van der Waals surface area contributed by atoms with Crippen LogP contribution in [0.3, 0.4) is 0 Å². The largest absolute Gasteiger partial charge is 0.456 e. The van der Waals surface area contributed by atoms with E-state index in [1.165, 1.54) is 26.0 Å². The summed E-state index contributed by atoms with van der Waals surface area (Å²) in [5, 5.41) is 63.6. The molecule has 11 atom stereocenters. The monoisotopic (exact) mass is 769 g/mol. The van der Waals surface area contributed by atoms with Crippen LogP contribution in [-0.2, 0) is 23.8 Å². The second-order valence-corrected chi connectivity index (χ2v) is 16.2. The number of rotatable bonds is 8. The van der Waals surface area contributed by atoms with E-state index in [1.807, 2.05) is 0 Å². The molecule has 0 spiro atoms. The van der Waals surface area contributed by atoms with Gasteiger partial charge in [0.15, 0.2) is 11.9 Å². The van der Waals surface area contributed by atoms with Gasteiger partial charge in [-0.2, -0.15) is 0 Å². The number of aliphatic hydroxyl groups is 5. The highest BCUT2D eigenvalue weighted by Crippen LogP contribution is 2.63. The topological polar surface area (TPSA) is 209 Å². The van der Waals surface area contributed by atoms with Gasteiger partial charge in [0.25, 0.3) is 5.91 Å². The Morgan fingerprint density at radius 1 is 0.857 bits per heavy atom. The maximum Gasteiger partial charge on any atom is 0.338 e. The van der Waals surface area contributed by atoms with E-state index < -0.39 is 101 Å². The van der Waals surface area contributed by atoms with E-state index in [0.29, 0.717) is 5.56 Å². The van der Waals surface area contributed by atoms with Gasteiger partial charge in [-0.25, -0.2) is 9.59 Å². The van der Waals surface area contributed by atoms with Gasteiger partial charge >= 0.3 is 11.9 Å². The van der Waals surface area contributed by atoms with Gasteiger partial charge in [-0.05, 0) is 54.8 Å². The first-order chi connectivity index (χ1) is 26.5. The summed E-state index contributed by atoms with van der Waals surface area (Å²) < 4.78 is 17.9. The Hall–Kier alpha value is -4.76. The lowest BCUT2D eigenvalue weighted by molar-refractivity contribution is -0.343. The maximum atomic E-state index is 14.7. The third kappa shape index (κ3) is 6.08. The number of hydrogen-bond acceptors (Lipinski definition) is 12. The molecule has 0 radical (unpaired) electrons. The minimum Gasteiger partial charge on any atom is -0.456 e. The van der Waals surface area contributed by atoms with Crippen molar-refractivity contribution < 1.29 is 58.9 Å². The molecule has 56 heavy (non-hydrogen) atoms. The van der Waals surface area contributed by atoms with Crippen LogP contribution < -0.4 is 5.32 Å². The van der Waals surface area contributed by atoms with Crippen LogP contribution in [0.1, 0.15) is 72.9 Å². The fourth-order valence-electron chi connectivity index (χ4n) is 9.54. The number of ether oxygens (including phenoxy) is 3. The third-order valence-electron chi connectivity index (χ3n) is 12.9. The van der Waals surface area contributed by atoms with Gasteiger partial charge in [-0.3, -0.25) is 9.59 Å². The number of nitrogens with one attached hydrogen (secondary N) is 1. The van der Waals surface area contributed by atoms with Gasteiger partial charge < -0.3 is 45.1 Å². The highest BCUT2D eigenvalue weighted by atomic mass is 16.6. The molecule has 3 fully saturated rings. The molecule has 13 nitrogen and oxygen atoms in total. The van der Waals surface area contributed by atoms with Crippen LogP contribution in [0.4, 0.5) is 0 Å². The maximum absolute atomic E-state index is 14.7. The summed E-state index contributed by atoms with van der Waals surface area (Å²) in [7, 11) is 0. The number of fused-ring (bicyclic) bond motifs is 5. The van der Waals surface area contributed by atoms with Crippen molar-refractivity contribution >= 4 is 23.6 Å². The predicted molar refractivity (Wildman–Crippen MR) is 199 cm³/mol. The number of amides is 1. The zero-order chi connectivity index (χ0) is 40.4. The summed E-state index contributed by atoms with van der Waals surface area (Å²) in [5.74, 6) is -5.07. The van der Waals surface area contributed by atoms with E-state index in [9.17, 15) is 44.7 Å². The fraction of sp³-hybridized carbons (Fsp3) is 0.442. The molecule has 1 amide bonds. The van der Waals surface area contributed by atoms with Crippen molar-refractivity contribution in [3.63, 3.8) is 0 Å². The molecular formula is C43H47NO12. The number of esters is 2. The van der Waals surface area contributed by atoms with Gasteiger partial charge in [-0.15, -0.1) is 0 Å². The summed E-state index contributed by atoms with van der Waals surface area (Å²) in [6.07, 6.45) is -10.3. The van der Waals surface area contributed by atoms with Crippen LogP contribution in [0.15, 0.2) is 102 Å². The van der Waals surface area contributed by atoms with Gasteiger partial charge in [0.1, 0.15) is 29.5 Å². The average Bonchev–Trinajstić information content (AvgIpc) is 3.19. The Bertz CT molecular complexity index is 2040. The molecule has 1 heterocycles. The van der Waals surface area contributed by atoms with Crippen molar-refractivity contribution in [2.75, 3.05) is 6.61 Å². The molecule has 7 rings (SSSR count). The number of benzene rings is 3. The van der Waals surface area contributed by atoms with Crippen molar-refractivity contribution in [3.8, 4) is 0 Å². The van der Waals surface area contributed by atoms with E-state index in [0.717, 1.165) is 0 Å². The fourth-order valence-corrected chi connectivity index (χ4v) is 9.54. The third-order valence-corrected chi connectivity index (χ3v) is 12.9. The molecule has 3 aromatic carbocycles. The van der Waals surface area contributed by atoms with Gasteiger partial charge in [0.2, 0.25) is 0 Å². The minimum absolute atomic E-state index is 0.0351. The molecule has 2 bridgehead atoms. The standard InChI is InChI=1S/C43H47NO12/c1-23-27(55-39(51)33(47)31(24-14-8-5-9-15-24)44-37(49)25-16-10-6-11-17-25)21-43(53)36(56-38(50)26-18-12-7-13-19-26)34-41(4,28(45)20-29-42(34,52)22-54-29)35(48)32(46)30(23)40(43,2)3/h5-19,27-29,31-34,36,45-47,52-53H,20-22H2,1-4H3,(H,44,49)/t27-,28-,29+,31-,32+,33+,34?,36?,41+,42-,43+/m0/s1. The quantitative estimate of drug-likeness (QED) is 0.144. The zero-order valence-electron chi connectivity index (χ0n) is 31.5.